The third kappa shape index (κ3) is 5.34. The van der Waals surface area contributed by atoms with E-state index >= 15 is 0 Å². The Balaban J connectivity index is 2.12. The Morgan fingerprint density at radius 3 is 2.21 bits per heavy atom. The number of ether oxygens (including phenoxy) is 2. The molecule has 0 spiro atoms. The first-order valence-corrected chi connectivity index (χ1v) is 13.0. The molecule has 6 heteroatoms. The van der Waals surface area contributed by atoms with Crippen molar-refractivity contribution in [3.05, 3.63) is 22.3 Å². The molecule has 1 aliphatic heterocycles. The molecular formula is C23H40O5Si. The minimum absolute atomic E-state index is 0.0638. The zero-order chi connectivity index (χ0) is 21.7. The van der Waals surface area contributed by atoms with Crippen LogP contribution in [-0.4, -0.2) is 41.3 Å². The van der Waals surface area contributed by atoms with Crippen LogP contribution in [0.4, 0.5) is 0 Å². The highest BCUT2D eigenvalue weighted by atomic mass is 28.4. The Morgan fingerprint density at radius 2 is 1.66 bits per heavy atom. The molecule has 2 rings (SSSR count). The fourth-order valence-electron chi connectivity index (χ4n) is 4.06. The molecule has 0 aliphatic carbocycles. The molecule has 1 aliphatic rings. The summed E-state index contributed by atoms with van der Waals surface area (Å²) in [5, 5.41) is 0. The van der Waals surface area contributed by atoms with Crippen molar-refractivity contribution < 1.29 is 22.8 Å². The van der Waals surface area contributed by atoms with Gasteiger partial charge in [0.25, 0.3) is 0 Å². The molecule has 5 nitrogen and oxygen atoms in total. The molecule has 0 N–H and O–H groups in total. The van der Waals surface area contributed by atoms with Crippen molar-refractivity contribution in [1.82, 2.24) is 0 Å². The van der Waals surface area contributed by atoms with E-state index in [0.717, 1.165) is 43.2 Å². The van der Waals surface area contributed by atoms with Crippen LogP contribution < -0.4 is 9.47 Å². The highest BCUT2D eigenvalue weighted by Crippen LogP contribution is 2.44. The summed E-state index contributed by atoms with van der Waals surface area (Å²) in [5.74, 6) is 2.07. The van der Waals surface area contributed by atoms with Gasteiger partial charge in [-0.05, 0) is 83.9 Å². The summed E-state index contributed by atoms with van der Waals surface area (Å²) in [6, 6.07) is 0.755. The fourth-order valence-corrected chi connectivity index (χ4v) is 6.32. The van der Waals surface area contributed by atoms with Gasteiger partial charge in [-0.2, -0.15) is 0 Å². The van der Waals surface area contributed by atoms with E-state index in [1.54, 1.807) is 7.11 Å². The second kappa shape index (κ2) is 10.3. The van der Waals surface area contributed by atoms with Crippen LogP contribution in [0.2, 0.25) is 6.04 Å². The van der Waals surface area contributed by atoms with Gasteiger partial charge in [-0.15, -0.1) is 0 Å². The van der Waals surface area contributed by atoms with Gasteiger partial charge in [0.15, 0.2) is 0 Å². The molecule has 0 amide bonds. The Labute approximate surface area is 178 Å². The normalized spacial score (nSPS) is 19.0. The van der Waals surface area contributed by atoms with Crippen LogP contribution in [0.3, 0.4) is 0 Å². The summed E-state index contributed by atoms with van der Waals surface area (Å²) in [6.07, 6.45) is 3.94. The Bertz CT molecular complexity index is 685. The van der Waals surface area contributed by atoms with E-state index in [-0.39, 0.29) is 5.60 Å². The van der Waals surface area contributed by atoms with E-state index in [1.807, 2.05) is 13.8 Å². The number of hydrogen-bond donors (Lipinski definition) is 0. The van der Waals surface area contributed by atoms with Crippen molar-refractivity contribution in [2.24, 2.45) is 0 Å². The van der Waals surface area contributed by atoms with E-state index in [4.69, 9.17) is 22.8 Å². The molecule has 0 saturated carbocycles. The molecule has 1 heterocycles. The van der Waals surface area contributed by atoms with Gasteiger partial charge in [-0.25, -0.2) is 0 Å². The topological polar surface area (TPSA) is 46.2 Å². The van der Waals surface area contributed by atoms with E-state index < -0.39 is 8.80 Å². The number of hydrogen-bond acceptors (Lipinski definition) is 5. The van der Waals surface area contributed by atoms with Crippen LogP contribution in [-0.2, 0) is 19.7 Å². The predicted molar refractivity (Wildman–Crippen MR) is 119 cm³/mol. The van der Waals surface area contributed by atoms with Crippen LogP contribution >= 0.6 is 0 Å². The van der Waals surface area contributed by atoms with Crippen molar-refractivity contribution in [3.8, 4) is 11.5 Å². The molecule has 1 unspecified atom stereocenters. The van der Waals surface area contributed by atoms with Gasteiger partial charge < -0.3 is 22.8 Å². The minimum Gasteiger partial charge on any atom is -0.493 e. The first kappa shape index (κ1) is 24.2. The summed E-state index contributed by atoms with van der Waals surface area (Å²) in [6.45, 7) is 16.6. The lowest BCUT2D eigenvalue weighted by Crippen LogP contribution is -2.45. The molecule has 0 fully saturated rings. The van der Waals surface area contributed by atoms with E-state index in [2.05, 4.69) is 34.6 Å². The zero-order valence-corrected chi connectivity index (χ0v) is 20.7. The van der Waals surface area contributed by atoms with Gasteiger partial charge >= 0.3 is 8.80 Å². The molecule has 0 radical (unpaired) electrons. The highest BCUT2D eigenvalue weighted by Gasteiger charge is 2.39. The average Bonchev–Trinajstić information content (AvgIpc) is 2.71. The number of fused-ring (bicyclic) bond motifs is 1. The maximum absolute atomic E-state index is 6.46. The van der Waals surface area contributed by atoms with Crippen LogP contribution in [0.25, 0.3) is 0 Å². The minimum atomic E-state index is -2.59. The van der Waals surface area contributed by atoms with Gasteiger partial charge in [0.1, 0.15) is 17.1 Å². The van der Waals surface area contributed by atoms with E-state index in [1.165, 1.54) is 22.3 Å². The summed E-state index contributed by atoms with van der Waals surface area (Å²) in [7, 11) is -0.905. The second-order valence-electron chi connectivity index (χ2n) is 8.12. The van der Waals surface area contributed by atoms with Crippen LogP contribution in [0.5, 0.6) is 11.5 Å². The predicted octanol–water partition coefficient (Wildman–Crippen LogP) is 5.53. The zero-order valence-electron chi connectivity index (χ0n) is 19.7. The van der Waals surface area contributed by atoms with Crippen molar-refractivity contribution >= 4 is 8.80 Å². The van der Waals surface area contributed by atoms with Crippen LogP contribution in [0, 0.1) is 20.8 Å². The maximum atomic E-state index is 6.46. The first-order valence-electron chi connectivity index (χ1n) is 11.0. The third-order valence-corrected chi connectivity index (χ3v) is 9.27. The van der Waals surface area contributed by atoms with Gasteiger partial charge in [0.05, 0.1) is 6.61 Å². The van der Waals surface area contributed by atoms with Crippen molar-refractivity contribution in [3.63, 3.8) is 0 Å². The fraction of sp³-hybridized carbons (Fsp3) is 0.739. The van der Waals surface area contributed by atoms with E-state index in [0.29, 0.717) is 19.8 Å². The van der Waals surface area contributed by atoms with Gasteiger partial charge in [0.2, 0.25) is 0 Å². The lowest BCUT2D eigenvalue weighted by atomic mass is 9.86. The quantitative estimate of drug-likeness (QED) is 0.345. The molecule has 0 bridgehead atoms. The van der Waals surface area contributed by atoms with Crippen LogP contribution in [0.15, 0.2) is 0 Å². The van der Waals surface area contributed by atoms with Crippen molar-refractivity contribution in [1.29, 1.82) is 0 Å². The lowest BCUT2D eigenvalue weighted by Gasteiger charge is -2.37. The Morgan fingerprint density at radius 1 is 1.00 bits per heavy atom. The lowest BCUT2D eigenvalue weighted by molar-refractivity contribution is 0.0598. The molecule has 1 aromatic rings. The first-order chi connectivity index (χ1) is 13.8. The second-order valence-corrected chi connectivity index (χ2v) is 11.0. The molecular weight excluding hydrogens is 384 g/mol. The molecule has 1 atom stereocenters. The average molecular weight is 425 g/mol. The van der Waals surface area contributed by atoms with Crippen LogP contribution in [0.1, 0.15) is 69.2 Å². The number of rotatable bonds is 11. The monoisotopic (exact) mass is 424 g/mol. The summed E-state index contributed by atoms with van der Waals surface area (Å²) < 4.78 is 30.1. The van der Waals surface area contributed by atoms with Gasteiger partial charge in [-0.3, -0.25) is 0 Å². The summed E-state index contributed by atoms with van der Waals surface area (Å²) in [5.41, 5.74) is 4.83. The maximum Gasteiger partial charge on any atom is 0.500 e. The van der Waals surface area contributed by atoms with Gasteiger partial charge in [0, 0.05) is 31.9 Å². The highest BCUT2D eigenvalue weighted by molar-refractivity contribution is 6.60. The summed E-state index contributed by atoms with van der Waals surface area (Å²) in [4.78, 5) is 0. The molecule has 166 valence electrons. The van der Waals surface area contributed by atoms with Gasteiger partial charge in [-0.1, -0.05) is 6.92 Å². The van der Waals surface area contributed by atoms with Crippen molar-refractivity contribution in [2.75, 3.05) is 26.9 Å². The third-order valence-electron chi connectivity index (χ3n) is 6.22. The number of benzene rings is 1. The molecule has 0 aromatic heterocycles. The molecule has 29 heavy (non-hydrogen) atoms. The Kier molecular flexibility index (Phi) is 8.58. The summed E-state index contributed by atoms with van der Waals surface area (Å²) >= 11 is 0. The smallest absolute Gasteiger partial charge is 0.493 e. The standard InChI is InChI=1S/C23H40O5Si/c1-9-23(7)14-13-20-19(6)21(17(4)18(5)22(20)28-23)25-15-12-16-29(24-8,26-10-2)27-11-3/h9-16H2,1-8H3. The molecule has 1 aromatic carbocycles. The molecule has 0 saturated heterocycles. The SMILES string of the molecule is CCO[Si](CCCOc1c(C)c(C)c2c(c1C)CCC(C)(CC)O2)(OC)OCC. The van der Waals surface area contributed by atoms with Crippen molar-refractivity contribution in [2.45, 2.75) is 85.8 Å². The Hall–Kier alpha value is -1.08. The van der Waals surface area contributed by atoms with E-state index in [9.17, 15) is 0 Å². The largest absolute Gasteiger partial charge is 0.500 e.